The molecule has 134 valence electrons. The molecule has 1 amide bonds. The normalized spacial score (nSPS) is 13.6. The molecule has 0 fully saturated rings. The number of hydrogen-bond donors (Lipinski definition) is 1. The second-order valence-electron chi connectivity index (χ2n) is 6.63. The van der Waals surface area contributed by atoms with E-state index in [9.17, 15) is 9.59 Å². The molecule has 2 atom stereocenters. The van der Waals surface area contributed by atoms with Crippen molar-refractivity contribution in [3.05, 3.63) is 29.8 Å². The largest absolute Gasteiger partial charge is 0.497 e. The van der Waals surface area contributed by atoms with Crippen molar-refractivity contribution in [1.82, 2.24) is 5.32 Å². The van der Waals surface area contributed by atoms with Crippen LogP contribution in [0.2, 0.25) is 0 Å². The van der Waals surface area contributed by atoms with E-state index < -0.39 is 11.7 Å². The van der Waals surface area contributed by atoms with E-state index in [0.29, 0.717) is 6.42 Å². The van der Waals surface area contributed by atoms with Crippen LogP contribution in [0.5, 0.6) is 5.75 Å². The highest BCUT2D eigenvalue weighted by Crippen LogP contribution is 2.23. The van der Waals surface area contributed by atoms with Gasteiger partial charge in [0.2, 0.25) is 0 Å². The van der Waals surface area contributed by atoms with Gasteiger partial charge < -0.3 is 19.5 Å². The fraction of sp³-hybridized carbons (Fsp3) is 0.556. The highest BCUT2D eigenvalue weighted by atomic mass is 16.6. The van der Waals surface area contributed by atoms with Gasteiger partial charge >= 0.3 is 12.1 Å². The quantitative estimate of drug-likeness (QED) is 0.803. The van der Waals surface area contributed by atoms with Crippen LogP contribution in [0.25, 0.3) is 0 Å². The Morgan fingerprint density at radius 1 is 1.17 bits per heavy atom. The molecule has 6 nitrogen and oxygen atoms in total. The van der Waals surface area contributed by atoms with E-state index in [0.717, 1.165) is 11.3 Å². The van der Waals surface area contributed by atoms with Crippen LogP contribution in [-0.2, 0) is 14.3 Å². The number of nitrogens with one attached hydrogen (secondary N) is 1. The van der Waals surface area contributed by atoms with E-state index >= 15 is 0 Å². The first-order chi connectivity index (χ1) is 11.1. The van der Waals surface area contributed by atoms with Gasteiger partial charge in [-0.2, -0.15) is 0 Å². The molecule has 0 saturated heterocycles. The fourth-order valence-corrected chi connectivity index (χ4v) is 2.23. The number of rotatable bonds is 6. The van der Waals surface area contributed by atoms with E-state index in [1.807, 2.05) is 24.3 Å². The Labute approximate surface area is 143 Å². The maximum absolute atomic E-state index is 12.1. The molecule has 24 heavy (non-hydrogen) atoms. The lowest BCUT2D eigenvalue weighted by Gasteiger charge is -2.25. The summed E-state index contributed by atoms with van der Waals surface area (Å²) < 4.78 is 15.6. The second-order valence-corrected chi connectivity index (χ2v) is 6.63. The fourth-order valence-electron chi connectivity index (χ4n) is 2.23. The third kappa shape index (κ3) is 7.35. The SMILES string of the molecule is COc1ccc([C@H](C[C@@H](C)OC(C)=O)NC(=O)OC(C)(C)C)cc1. The molecule has 0 aliphatic carbocycles. The molecule has 0 unspecified atom stereocenters. The lowest BCUT2D eigenvalue weighted by Crippen LogP contribution is -2.36. The van der Waals surface area contributed by atoms with Crippen LogP contribution >= 0.6 is 0 Å². The average molecular weight is 337 g/mol. The van der Waals surface area contributed by atoms with E-state index in [1.54, 1.807) is 34.8 Å². The third-order valence-corrected chi connectivity index (χ3v) is 3.14. The molecule has 1 aromatic carbocycles. The number of benzene rings is 1. The molecule has 0 radical (unpaired) electrons. The molecular formula is C18H27NO5. The molecule has 0 spiro atoms. The number of alkyl carbamates (subject to hydrolysis) is 1. The summed E-state index contributed by atoms with van der Waals surface area (Å²) in [7, 11) is 1.59. The van der Waals surface area contributed by atoms with Gasteiger partial charge in [0, 0.05) is 13.3 Å². The summed E-state index contributed by atoms with van der Waals surface area (Å²) in [6, 6.07) is 7.01. The Bertz CT molecular complexity index is 548. The van der Waals surface area contributed by atoms with Crippen molar-refractivity contribution in [3.63, 3.8) is 0 Å². The monoisotopic (exact) mass is 337 g/mol. The molecule has 1 N–H and O–H groups in total. The molecule has 6 heteroatoms. The number of amides is 1. The first-order valence-electron chi connectivity index (χ1n) is 7.91. The summed E-state index contributed by atoms with van der Waals surface area (Å²) in [5, 5.41) is 2.84. The minimum atomic E-state index is -0.587. The lowest BCUT2D eigenvalue weighted by atomic mass is 10.0. The zero-order valence-electron chi connectivity index (χ0n) is 15.2. The minimum absolute atomic E-state index is 0.343. The first-order valence-corrected chi connectivity index (χ1v) is 7.91. The maximum atomic E-state index is 12.1. The van der Waals surface area contributed by atoms with Gasteiger partial charge in [0.1, 0.15) is 17.5 Å². The molecule has 0 bridgehead atoms. The zero-order chi connectivity index (χ0) is 18.3. The summed E-state index contributed by atoms with van der Waals surface area (Å²) >= 11 is 0. The van der Waals surface area contributed by atoms with Crippen molar-refractivity contribution in [2.45, 2.75) is 58.8 Å². The van der Waals surface area contributed by atoms with Gasteiger partial charge in [0.05, 0.1) is 13.2 Å². The van der Waals surface area contributed by atoms with Crippen LogP contribution in [0.3, 0.4) is 0 Å². The number of hydrogen-bond acceptors (Lipinski definition) is 5. The van der Waals surface area contributed by atoms with Crippen molar-refractivity contribution in [3.8, 4) is 5.75 Å². The van der Waals surface area contributed by atoms with E-state index in [2.05, 4.69) is 5.32 Å². The smallest absolute Gasteiger partial charge is 0.408 e. The van der Waals surface area contributed by atoms with Gasteiger partial charge in [-0.05, 0) is 45.4 Å². The van der Waals surface area contributed by atoms with E-state index in [-0.39, 0.29) is 18.1 Å². The molecule has 0 aliphatic heterocycles. The van der Waals surface area contributed by atoms with Crippen LogP contribution in [0.15, 0.2) is 24.3 Å². The molecule has 1 aromatic rings. The Hall–Kier alpha value is -2.24. The highest BCUT2D eigenvalue weighted by Gasteiger charge is 2.23. The number of esters is 1. The van der Waals surface area contributed by atoms with Crippen molar-refractivity contribution in [2.75, 3.05) is 7.11 Å². The van der Waals surface area contributed by atoms with Crippen LogP contribution in [0.1, 0.15) is 52.6 Å². The minimum Gasteiger partial charge on any atom is -0.497 e. The van der Waals surface area contributed by atoms with Crippen molar-refractivity contribution in [1.29, 1.82) is 0 Å². The molecule has 0 aromatic heterocycles. The van der Waals surface area contributed by atoms with Gasteiger partial charge in [-0.3, -0.25) is 4.79 Å². The first kappa shape index (κ1) is 19.8. The Morgan fingerprint density at radius 3 is 2.21 bits per heavy atom. The zero-order valence-corrected chi connectivity index (χ0v) is 15.2. The molecule has 1 rings (SSSR count). The van der Waals surface area contributed by atoms with Gasteiger partial charge in [-0.15, -0.1) is 0 Å². The van der Waals surface area contributed by atoms with E-state index in [1.165, 1.54) is 6.92 Å². The van der Waals surface area contributed by atoms with E-state index in [4.69, 9.17) is 14.2 Å². The molecular weight excluding hydrogens is 310 g/mol. The number of carbonyl (C=O) groups excluding carboxylic acids is 2. The summed E-state index contributed by atoms with van der Waals surface area (Å²) in [5.74, 6) is 0.371. The van der Waals surface area contributed by atoms with Crippen LogP contribution in [0.4, 0.5) is 4.79 Å². The van der Waals surface area contributed by atoms with Crippen LogP contribution < -0.4 is 10.1 Å². The Balaban J connectivity index is 2.88. The number of methoxy groups -OCH3 is 1. The maximum Gasteiger partial charge on any atom is 0.408 e. The molecule has 0 saturated carbocycles. The predicted molar refractivity (Wildman–Crippen MR) is 90.9 cm³/mol. The van der Waals surface area contributed by atoms with Crippen molar-refractivity contribution in [2.24, 2.45) is 0 Å². The van der Waals surface area contributed by atoms with Crippen molar-refractivity contribution >= 4 is 12.1 Å². The third-order valence-electron chi connectivity index (χ3n) is 3.14. The average Bonchev–Trinajstić information content (AvgIpc) is 2.43. The van der Waals surface area contributed by atoms with Gasteiger partial charge in [-0.25, -0.2) is 4.79 Å². The van der Waals surface area contributed by atoms with Gasteiger partial charge in [0.25, 0.3) is 0 Å². The van der Waals surface area contributed by atoms with Crippen LogP contribution in [0, 0.1) is 0 Å². The topological polar surface area (TPSA) is 73.9 Å². The summed E-state index contributed by atoms with van der Waals surface area (Å²) in [5.41, 5.74) is 0.288. The summed E-state index contributed by atoms with van der Waals surface area (Å²) in [6.45, 7) is 8.55. The van der Waals surface area contributed by atoms with Crippen LogP contribution in [-0.4, -0.2) is 30.9 Å². The number of carbonyl (C=O) groups is 2. The Morgan fingerprint density at radius 2 is 1.75 bits per heavy atom. The highest BCUT2D eigenvalue weighted by molar-refractivity contribution is 5.68. The Kier molecular flexibility index (Phi) is 7.07. The van der Waals surface area contributed by atoms with Gasteiger partial charge in [0.15, 0.2) is 0 Å². The molecule has 0 aliphatic rings. The predicted octanol–water partition coefficient (Wildman–Crippen LogP) is 3.60. The summed E-state index contributed by atoms with van der Waals surface area (Å²) in [6.07, 6.45) is -0.423. The lowest BCUT2D eigenvalue weighted by molar-refractivity contribution is -0.145. The molecule has 0 heterocycles. The number of ether oxygens (including phenoxy) is 3. The van der Waals surface area contributed by atoms with Gasteiger partial charge in [-0.1, -0.05) is 12.1 Å². The van der Waals surface area contributed by atoms with Crippen molar-refractivity contribution < 1.29 is 23.8 Å². The standard InChI is InChI=1S/C18H27NO5/c1-12(23-13(2)20)11-16(19-17(21)24-18(3,4)5)14-7-9-15(22-6)10-8-14/h7-10,12,16H,11H2,1-6H3,(H,19,21)/t12-,16+/m1/s1. The second kappa shape index (κ2) is 8.57. The summed E-state index contributed by atoms with van der Waals surface area (Å²) in [4.78, 5) is 23.2.